The second-order valence-electron chi connectivity index (χ2n) is 11.6. The Hall–Kier alpha value is -2.89. The molecule has 0 heterocycles. The monoisotopic (exact) mass is 917 g/mol. The molecular formula is C44H44ClFeOsP2. The van der Waals surface area contributed by atoms with Crippen molar-refractivity contribution < 1.29 is 34.7 Å². The van der Waals surface area contributed by atoms with Crippen molar-refractivity contribution >= 4 is 57.3 Å². The number of hydrogen-bond acceptors (Lipinski definition) is 0. The molecule has 0 aliphatic carbocycles. The SMILES string of the molecule is Cc1ccc(C(C)C)cc1.[Cl][Os].[Fe].c1ccc([PH+](c2ccccc2)[c-]2cccc2)cc1.c1ccc([PH+](c2ccccc2)[c-]2cccc2)cc1. The zero-order chi connectivity index (χ0) is 34.0. The maximum Gasteiger partial charge on any atom is 0.0908 e. The van der Waals surface area contributed by atoms with Crippen LogP contribution in [0.25, 0.3) is 0 Å². The van der Waals surface area contributed by atoms with Crippen LogP contribution in [0.15, 0.2) is 194 Å². The van der Waals surface area contributed by atoms with Crippen LogP contribution in [0.2, 0.25) is 0 Å². The van der Waals surface area contributed by atoms with Gasteiger partial charge < -0.3 is 0 Å². The first kappa shape index (κ1) is 40.5. The average molecular weight is 916 g/mol. The Labute approximate surface area is 321 Å². The van der Waals surface area contributed by atoms with E-state index >= 15 is 0 Å². The Morgan fingerprint density at radius 1 is 0.429 bits per heavy atom. The summed E-state index contributed by atoms with van der Waals surface area (Å²) >= 11 is 1.33. The van der Waals surface area contributed by atoms with Crippen molar-refractivity contribution in [2.75, 3.05) is 0 Å². The molecule has 253 valence electrons. The molecule has 7 aromatic rings. The third-order valence-corrected chi connectivity index (χ3v) is 13.4. The number of aryl methyl sites for hydroxylation is 1. The van der Waals surface area contributed by atoms with Gasteiger partial charge in [0.25, 0.3) is 0 Å². The van der Waals surface area contributed by atoms with Crippen molar-refractivity contribution in [3.63, 3.8) is 0 Å². The number of hydrogen-bond donors (Lipinski definition) is 0. The normalized spacial score (nSPS) is 10.1. The molecule has 0 saturated carbocycles. The number of halogens is 1. The Bertz CT molecular complexity index is 1600. The smallest absolute Gasteiger partial charge is 0.0908 e. The van der Waals surface area contributed by atoms with Crippen LogP contribution < -0.4 is 31.8 Å². The van der Waals surface area contributed by atoms with Crippen molar-refractivity contribution in [1.29, 1.82) is 0 Å². The van der Waals surface area contributed by atoms with Crippen LogP contribution in [0.5, 0.6) is 0 Å². The molecule has 0 radical (unpaired) electrons. The van der Waals surface area contributed by atoms with Crippen molar-refractivity contribution in [2.45, 2.75) is 26.7 Å². The van der Waals surface area contributed by atoms with Crippen molar-refractivity contribution in [1.82, 2.24) is 0 Å². The van der Waals surface area contributed by atoms with Crippen LogP contribution in [0, 0.1) is 6.92 Å². The Kier molecular flexibility index (Phi) is 18.8. The third kappa shape index (κ3) is 12.7. The van der Waals surface area contributed by atoms with Gasteiger partial charge in [0.1, 0.15) is 0 Å². The first-order valence-corrected chi connectivity index (χ1v) is 22.3. The van der Waals surface area contributed by atoms with E-state index in [-0.39, 0.29) is 17.1 Å². The van der Waals surface area contributed by atoms with Gasteiger partial charge in [0, 0.05) is 32.9 Å². The van der Waals surface area contributed by atoms with Gasteiger partial charge in [-0.05, 0) is 77.5 Å². The molecule has 0 fully saturated rings. The van der Waals surface area contributed by atoms with Crippen LogP contribution in [0.1, 0.15) is 30.9 Å². The Morgan fingerprint density at radius 3 is 0.939 bits per heavy atom. The Morgan fingerprint density at radius 2 is 0.694 bits per heavy atom. The molecule has 0 spiro atoms. The molecule has 0 aromatic heterocycles. The van der Waals surface area contributed by atoms with E-state index < -0.39 is 15.8 Å². The minimum atomic E-state index is -0.834. The van der Waals surface area contributed by atoms with E-state index in [0.717, 1.165) is 0 Å². The van der Waals surface area contributed by atoms with Crippen LogP contribution in [-0.4, -0.2) is 0 Å². The quantitative estimate of drug-likeness (QED) is 0.0850. The second-order valence-corrected chi connectivity index (χ2v) is 16.6. The van der Waals surface area contributed by atoms with Crippen LogP contribution in [0.3, 0.4) is 0 Å². The van der Waals surface area contributed by atoms with Gasteiger partial charge >= 0.3 is 27.2 Å². The van der Waals surface area contributed by atoms with Gasteiger partial charge in [0.2, 0.25) is 0 Å². The summed E-state index contributed by atoms with van der Waals surface area (Å²) in [5.74, 6) is 0.653. The fourth-order valence-electron chi connectivity index (χ4n) is 5.45. The largest absolute Gasteiger partial charge is 0.210 e. The first-order chi connectivity index (χ1) is 23.6. The van der Waals surface area contributed by atoms with Gasteiger partial charge in [-0.1, -0.05) is 116 Å². The minimum absolute atomic E-state index is 0. The summed E-state index contributed by atoms with van der Waals surface area (Å²) in [6, 6.07) is 69.5. The fourth-order valence-corrected chi connectivity index (χ4v) is 10.6. The zero-order valence-corrected chi connectivity index (χ0v) is 34.5. The maximum atomic E-state index is 4.67. The van der Waals surface area contributed by atoms with Crippen LogP contribution in [0.4, 0.5) is 0 Å². The Balaban J connectivity index is 0.000000200. The molecule has 0 aliphatic heterocycles. The molecule has 0 nitrogen and oxygen atoms in total. The summed E-state index contributed by atoms with van der Waals surface area (Å²) < 4.78 is 0. The first-order valence-electron chi connectivity index (χ1n) is 16.2. The van der Waals surface area contributed by atoms with Crippen LogP contribution >= 0.6 is 25.5 Å². The van der Waals surface area contributed by atoms with E-state index in [9.17, 15) is 0 Å². The summed E-state index contributed by atoms with van der Waals surface area (Å²) in [6.45, 7) is 6.54. The molecule has 0 unspecified atom stereocenters. The molecule has 0 N–H and O–H groups in total. The van der Waals surface area contributed by atoms with Gasteiger partial charge in [-0.2, -0.15) is 0 Å². The molecule has 49 heavy (non-hydrogen) atoms. The third-order valence-electron chi connectivity index (χ3n) is 7.90. The van der Waals surface area contributed by atoms with E-state index in [1.807, 2.05) is 0 Å². The zero-order valence-electron chi connectivity index (χ0n) is 28.1. The molecule has 0 saturated heterocycles. The molecule has 0 atom stereocenters. The molecule has 5 heteroatoms. The number of benzene rings is 5. The summed E-state index contributed by atoms with van der Waals surface area (Å²) in [7, 11) is 3.00. The average Bonchev–Trinajstić information content (AvgIpc) is 3.88. The van der Waals surface area contributed by atoms with Gasteiger partial charge in [0.15, 0.2) is 0 Å². The van der Waals surface area contributed by atoms with E-state index in [0.29, 0.717) is 5.92 Å². The molecule has 0 amide bonds. The maximum absolute atomic E-state index is 4.67. The number of rotatable bonds is 7. The minimum Gasteiger partial charge on any atom is -0.210 e. The molecular weight excluding hydrogens is 872 g/mol. The standard InChI is InChI=1S/2C17H15P.C10H14.ClH.Fe.Os/c2*1-3-9-15(10-4-1)18(17-13-7-8-14-17)16-11-5-2-6-12-16;1-8(2)10-6-4-9(3)5-7-10;;;/h2*1-14,18H;4-8H,1-3H3;1H;;/q;;;;;+1/p-1. The van der Waals surface area contributed by atoms with Crippen LogP contribution in [-0.2, 0) is 34.7 Å². The van der Waals surface area contributed by atoms with Crippen molar-refractivity contribution in [3.05, 3.63) is 205 Å². The summed E-state index contributed by atoms with van der Waals surface area (Å²) in [5, 5.41) is 8.69. The van der Waals surface area contributed by atoms with Gasteiger partial charge in [0.05, 0.1) is 21.2 Å². The topological polar surface area (TPSA) is 0 Å². The van der Waals surface area contributed by atoms with Gasteiger partial charge in [-0.25, -0.2) is 24.3 Å². The molecule has 7 rings (SSSR count). The summed E-state index contributed by atoms with van der Waals surface area (Å²) in [5.41, 5.74) is 2.76. The van der Waals surface area contributed by atoms with Crippen molar-refractivity contribution in [3.8, 4) is 0 Å². The van der Waals surface area contributed by atoms with E-state index in [4.69, 9.17) is 0 Å². The predicted octanol–water partition coefficient (Wildman–Crippen LogP) is 9.59. The molecule has 7 aromatic carbocycles. The van der Waals surface area contributed by atoms with E-state index in [1.165, 1.54) is 60.6 Å². The van der Waals surface area contributed by atoms with Crippen molar-refractivity contribution in [2.24, 2.45) is 0 Å². The molecule has 0 bridgehead atoms. The molecule has 0 aliphatic rings. The summed E-state index contributed by atoms with van der Waals surface area (Å²) in [4.78, 5) is 0. The fraction of sp³-hybridized carbons (Fsp3) is 0.0909. The van der Waals surface area contributed by atoms with E-state index in [1.54, 1.807) is 0 Å². The van der Waals surface area contributed by atoms with Gasteiger partial charge in [-0.3, -0.25) is 0 Å². The van der Waals surface area contributed by atoms with E-state index in [2.05, 4.69) is 225 Å². The summed E-state index contributed by atoms with van der Waals surface area (Å²) in [6.07, 6.45) is 0. The predicted molar refractivity (Wildman–Crippen MR) is 215 cm³/mol. The van der Waals surface area contributed by atoms with Gasteiger partial charge in [-0.15, -0.1) is 24.3 Å². The second kappa shape index (κ2) is 22.7.